The normalized spacial score (nSPS) is 15.6. The molecule has 1 aliphatic rings. The number of benzene rings is 2. The van der Waals surface area contributed by atoms with Gasteiger partial charge in [0.15, 0.2) is 5.60 Å². The van der Waals surface area contributed by atoms with Crippen LogP contribution in [0.4, 0.5) is 11.4 Å². The lowest BCUT2D eigenvalue weighted by Crippen LogP contribution is -2.47. The molecule has 0 amide bonds. The van der Waals surface area contributed by atoms with Gasteiger partial charge in [-0.05, 0) is 35.9 Å². The monoisotopic (exact) mass is 452 g/mol. The number of anilines is 2. The molecule has 1 unspecified atom stereocenters. The molecule has 1 N–H and O–H groups in total. The van der Waals surface area contributed by atoms with Gasteiger partial charge in [-0.15, -0.1) is 0 Å². The van der Waals surface area contributed by atoms with Crippen LogP contribution in [-0.4, -0.2) is 48.4 Å². The van der Waals surface area contributed by atoms with Crippen molar-refractivity contribution in [2.45, 2.75) is 5.60 Å². The number of methoxy groups -OCH3 is 1. The van der Waals surface area contributed by atoms with Crippen molar-refractivity contribution < 1.29 is 9.84 Å². The van der Waals surface area contributed by atoms with E-state index < -0.39 is 5.60 Å². The highest BCUT2D eigenvalue weighted by molar-refractivity contribution is 5.62. The van der Waals surface area contributed by atoms with Gasteiger partial charge in [0.1, 0.15) is 11.4 Å². The number of hydrogen-bond acceptors (Lipinski definition) is 6. The van der Waals surface area contributed by atoms with Gasteiger partial charge in [-0.2, -0.15) is 0 Å². The van der Waals surface area contributed by atoms with Gasteiger partial charge in [-0.3, -0.25) is 9.97 Å². The first-order valence-electron chi connectivity index (χ1n) is 11.5. The molecule has 172 valence electrons. The highest BCUT2D eigenvalue weighted by atomic mass is 16.5. The van der Waals surface area contributed by atoms with Gasteiger partial charge in [0.25, 0.3) is 0 Å². The molecule has 0 radical (unpaired) electrons. The first-order chi connectivity index (χ1) is 16.7. The van der Waals surface area contributed by atoms with Crippen molar-refractivity contribution >= 4 is 11.4 Å². The molecule has 6 nitrogen and oxygen atoms in total. The third-order valence-corrected chi connectivity index (χ3v) is 6.47. The summed E-state index contributed by atoms with van der Waals surface area (Å²) in [6.07, 6.45) is 5.40. The zero-order valence-corrected chi connectivity index (χ0v) is 19.2. The summed E-state index contributed by atoms with van der Waals surface area (Å²) in [4.78, 5) is 13.6. The molecule has 0 spiro atoms. The second-order valence-corrected chi connectivity index (χ2v) is 8.33. The third kappa shape index (κ3) is 3.97. The van der Waals surface area contributed by atoms with E-state index in [9.17, 15) is 5.11 Å². The molecular weight excluding hydrogens is 424 g/mol. The second-order valence-electron chi connectivity index (χ2n) is 8.33. The molecule has 0 saturated carbocycles. The summed E-state index contributed by atoms with van der Waals surface area (Å²) in [6.45, 7) is 3.38. The maximum atomic E-state index is 12.5. The van der Waals surface area contributed by atoms with Crippen molar-refractivity contribution in [3.05, 3.63) is 114 Å². The van der Waals surface area contributed by atoms with E-state index in [1.807, 2.05) is 91.3 Å². The lowest BCUT2D eigenvalue weighted by atomic mass is 9.81. The molecule has 6 heteroatoms. The Morgan fingerprint density at radius 3 is 2.18 bits per heavy atom. The Hall–Kier alpha value is -3.90. The van der Waals surface area contributed by atoms with Crippen LogP contribution in [0.15, 0.2) is 97.5 Å². The fraction of sp³-hybridized carbons (Fsp3) is 0.214. The standard InChI is InChI=1S/C28H28N4O2/c1-34-26-12-6-5-10-24(26)28(33,22-8-3-2-4-9-22)27-25(11-7-15-30-27)32-20-18-31(19-21-32)23-13-16-29-17-14-23/h2-17,33H,18-21H2,1H3. The quantitative estimate of drug-likeness (QED) is 0.475. The van der Waals surface area contributed by atoms with Crippen LogP contribution in [0.1, 0.15) is 16.8 Å². The molecule has 34 heavy (non-hydrogen) atoms. The topological polar surface area (TPSA) is 61.7 Å². The number of aromatic nitrogens is 2. The van der Waals surface area contributed by atoms with Gasteiger partial charge in [0.2, 0.25) is 0 Å². The Morgan fingerprint density at radius 2 is 1.44 bits per heavy atom. The minimum Gasteiger partial charge on any atom is -0.496 e. The molecule has 2 aromatic heterocycles. The number of rotatable bonds is 6. The number of para-hydroxylation sites is 1. The van der Waals surface area contributed by atoms with Crippen molar-refractivity contribution in [1.29, 1.82) is 0 Å². The average molecular weight is 453 g/mol. The summed E-state index contributed by atoms with van der Waals surface area (Å²) in [5.41, 5.74) is 2.63. The molecular formula is C28H28N4O2. The smallest absolute Gasteiger partial charge is 0.162 e. The highest BCUT2D eigenvalue weighted by Gasteiger charge is 2.40. The number of aliphatic hydroxyl groups is 1. The van der Waals surface area contributed by atoms with E-state index in [4.69, 9.17) is 9.72 Å². The van der Waals surface area contributed by atoms with E-state index in [1.54, 1.807) is 13.3 Å². The average Bonchev–Trinajstić information content (AvgIpc) is 2.93. The Balaban J connectivity index is 1.56. The van der Waals surface area contributed by atoms with Gasteiger partial charge in [-0.1, -0.05) is 48.5 Å². The van der Waals surface area contributed by atoms with Crippen molar-refractivity contribution in [1.82, 2.24) is 9.97 Å². The number of nitrogens with zero attached hydrogens (tertiary/aromatic N) is 4. The summed E-state index contributed by atoms with van der Waals surface area (Å²) in [6, 6.07) is 25.4. The largest absolute Gasteiger partial charge is 0.496 e. The van der Waals surface area contributed by atoms with E-state index in [2.05, 4.69) is 14.8 Å². The second kappa shape index (κ2) is 9.53. The Kier molecular flexibility index (Phi) is 6.14. The minimum absolute atomic E-state index is 0.600. The van der Waals surface area contributed by atoms with Crippen LogP contribution in [0, 0.1) is 0 Å². The first kappa shape index (κ1) is 21.9. The summed E-state index contributed by atoms with van der Waals surface area (Å²) in [5.74, 6) is 0.618. The Labute approximate surface area is 200 Å². The van der Waals surface area contributed by atoms with Crippen LogP contribution in [-0.2, 0) is 5.60 Å². The fourth-order valence-corrected chi connectivity index (χ4v) is 4.73. The fourth-order valence-electron chi connectivity index (χ4n) is 4.73. The zero-order chi connectivity index (χ0) is 23.4. The molecule has 0 aliphatic carbocycles. The molecule has 2 aromatic carbocycles. The molecule has 1 saturated heterocycles. The van der Waals surface area contributed by atoms with Crippen molar-refractivity contribution in [3.63, 3.8) is 0 Å². The predicted octanol–water partition coefficient (Wildman–Crippen LogP) is 4.10. The molecule has 4 aromatic rings. The van der Waals surface area contributed by atoms with Gasteiger partial charge >= 0.3 is 0 Å². The SMILES string of the molecule is COc1ccccc1C(O)(c1ccccc1)c1ncccc1N1CCN(c2ccncc2)CC1. The van der Waals surface area contributed by atoms with Crippen LogP contribution in [0.25, 0.3) is 0 Å². The van der Waals surface area contributed by atoms with Crippen molar-refractivity contribution in [2.75, 3.05) is 43.1 Å². The molecule has 0 bridgehead atoms. The van der Waals surface area contributed by atoms with E-state index in [-0.39, 0.29) is 0 Å². The van der Waals surface area contributed by atoms with Gasteiger partial charge < -0.3 is 19.6 Å². The minimum atomic E-state index is -1.48. The summed E-state index contributed by atoms with van der Waals surface area (Å²) in [5, 5.41) is 12.5. The maximum absolute atomic E-state index is 12.5. The Bertz CT molecular complexity index is 1230. The van der Waals surface area contributed by atoms with E-state index in [1.165, 1.54) is 5.69 Å². The Morgan fingerprint density at radius 1 is 0.765 bits per heavy atom. The van der Waals surface area contributed by atoms with Crippen molar-refractivity contribution in [2.24, 2.45) is 0 Å². The third-order valence-electron chi connectivity index (χ3n) is 6.47. The van der Waals surface area contributed by atoms with Crippen LogP contribution >= 0.6 is 0 Å². The highest BCUT2D eigenvalue weighted by Crippen LogP contribution is 2.43. The summed E-state index contributed by atoms with van der Waals surface area (Å²) in [7, 11) is 1.63. The summed E-state index contributed by atoms with van der Waals surface area (Å²) >= 11 is 0. The van der Waals surface area contributed by atoms with E-state index in [0.29, 0.717) is 17.0 Å². The molecule has 1 aliphatic heterocycles. The molecule has 1 fully saturated rings. The van der Waals surface area contributed by atoms with E-state index in [0.717, 1.165) is 37.4 Å². The van der Waals surface area contributed by atoms with Crippen LogP contribution < -0.4 is 14.5 Å². The lowest BCUT2D eigenvalue weighted by molar-refractivity contribution is 0.117. The van der Waals surface area contributed by atoms with E-state index >= 15 is 0 Å². The molecule has 3 heterocycles. The van der Waals surface area contributed by atoms with Crippen molar-refractivity contribution in [3.8, 4) is 5.75 Å². The van der Waals surface area contributed by atoms with Gasteiger partial charge in [0, 0.05) is 56.0 Å². The van der Waals surface area contributed by atoms with Crippen LogP contribution in [0.5, 0.6) is 5.75 Å². The number of hydrogen-bond donors (Lipinski definition) is 1. The molecule has 1 atom stereocenters. The maximum Gasteiger partial charge on any atom is 0.162 e. The predicted molar refractivity (Wildman–Crippen MR) is 134 cm³/mol. The van der Waals surface area contributed by atoms with Gasteiger partial charge in [-0.25, -0.2) is 0 Å². The first-order valence-corrected chi connectivity index (χ1v) is 11.5. The van der Waals surface area contributed by atoms with Gasteiger partial charge in [0.05, 0.1) is 12.8 Å². The van der Waals surface area contributed by atoms with Crippen LogP contribution in [0.2, 0.25) is 0 Å². The molecule has 5 rings (SSSR count). The number of ether oxygens (including phenoxy) is 1. The lowest BCUT2D eigenvalue weighted by Gasteiger charge is -2.40. The number of pyridine rings is 2. The zero-order valence-electron chi connectivity index (χ0n) is 19.2. The number of piperazine rings is 1. The summed E-state index contributed by atoms with van der Waals surface area (Å²) < 4.78 is 5.67. The van der Waals surface area contributed by atoms with Crippen LogP contribution in [0.3, 0.4) is 0 Å².